The minimum atomic E-state index is 0. The predicted octanol–water partition coefficient (Wildman–Crippen LogP) is -0.388. The second kappa shape index (κ2) is 21.7. The maximum absolute atomic E-state index is 0. The molecule has 0 saturated carbocycles. The van der Waals surface area contributed by atoms with Crippen molar-refractivity contribution in [2.45, 2.75) is 0 Å². The van der Waals surface area contributed by atoms with Crippen LogP contribution in [0.4, 0.5) is 0 Å². The topological polar surface area (TPSA) is 0 Å². The van der Waals surface area contributed by atoms with Crippen molar-refractivity contribution in [3.63, 3.8) is 0 Å². The summed E-state index contributed by atoms with van der Waals surface area (Å²) in [7, 11) is 0. The van der Waals surface area contributed by atoms with Crippen molar-refractivity contribution in [3.05, 3.63) is 0 Å². The van der Waals surface area contributed by atoms with Crippen molar-refractivity contribution in [2.24, 2.45) is 0 Å². The van der Waals surface area contributed by atoms with Crippen molar-refractivity contribution in [3.8, 4) is 0 Å². The molecule has 0 aliphatic heterocycles. The maximum Gasteiger partial charge on any atom is 0 e. The molecule has 0 aromatic carbocycles. The molecule has 0 nitrogen and oxygen atoms in total. The van der Waals surface area contributed by atoms with Crippen LogP contribution in [-0.2, 0) is 50.9 Å². The second-order valence-corrected chi connectivity index (χ2v) is 0. The fourth-order valence-electron chi connectivity index (χ4n) is 0. The molecule has 0 rings (SSSR count). The average Bonchev–Trinajstić information content (AvgIpc) is 0. The molecule has 0 heterocycles. The Morgan fingerprint density at radius 1 is 0.750 bits per heavy atom. The van der Waals surface area contributed by atoms with E-state index in [1.807, 2.05) is 0 Å². The Labute approximate surface area is 61.7 Å². The molecular weight excluding hydrogens is 199 g/mol. The first-order chi connectivity index (χ1) is 0. The standard InChI is InChI=1S/Co.2Fe.Si. The third kappa shape index (κ3) is 9.24. The molecule has 5 radical (unpaired) electrons. The van der Waals surface area contributed by atoms with Crippen LogP contribution in [-0.4, -0.2) is 11.0 Å². The van der Waals surface area contributed by atoms with Gasteiger partial charge in [-0.2, -0.15) is 0 Å². The summed E-state index contributed by atoms with van der Waals surface area (Å²) >= 11 is 0. The Hall–Kier alpha value is 1.76. The van der Waals surface area contributed by atoms with Gasteiger partial charge in [0.25, 0.3) is 0 Å². The number of rotatable bonds is 0. The van der Waals surface area contributed by atoms with Crippen molar-refractivity contribution >= 4 is 11.0 Å². The van der Waals surface area contributed by atoms with Gasteiger partial charge in [-0.3, -0.25) is 0 Å². The molecule has 0 bridgehead atoms. The van der Waals surface area contributed by atoms with Gasteiger partial charge in [-0.05, 0) is 0 Å². The Morgan fingerprint density at radius 3 is 0.750 bits per heavy atom. The number of hydrogen-bond acceptors (Lipinski definition) is 0. The Balaban J connectivity index is 0. The van der Waals surface area contributed by atoms with Gasteiger partial charge >= 0.3 is 0 Å². The molecule has 4 heteroatoms. The summed E-state index contributed by atoms with van der Waals surface area (Å²) in [5.41, 5.74) is 0. The van der Waals surface area contributed by atoms with E-state index in [2.05, 4.69) is 0 Å². The van der Waals surface area contributed by atoms with Gasteiger partial charge < -0.3 is 0 Å². The molecule has 0 amide bonds. The van der Waals surface area contributed by atoms with E-state index >= 15 is 0 Å². The first-order valence-electron chi connectivity index (χ1n) is 0. The van der Waals surface area contributed by atoms with Crippen LogP contribution in [0.15, 0.2) is 0 Å². The van der Waals surface area contributed by atoms with Gasteiger partial charge in [0.2, 0.25) is 0 Å². The smallest absolute Gasteiger partial charge is 0 e. The van der Waals surface area contributed by atoms with Crippen molar-refractivity contribution in [1.82, 2.24) is 0 Å². The van der Waals surface area contributed by atoms with E-state index in [4.69, 9.17) is 0 Å². The van der Waals surface area contributed by atoms with Crippen LogP contribution in [0.25, 0.3) is 0 Å². The molecule has 0 aliphatic rings. The van der Waals surface area contributed by atoms with Gasteiger partial charge in [-0.1, -0.05) is 0 Å². The Morgan fingerprint density at radius 2 is 0.750 bits per heavy atom. The van der Waals surface area contributed by atoms with Crippen LogP contribution in [0.1, 0.15) is 0 Å². The monoisotopic (exact) mass is 199 g/mol. The van der Waals surface area contributed by atoms with E-state index in [0.29, 0.717) is 0 Å². The zero-order valence-corrected chi connectivity index (χ0v) is 5.79. The first-order valence-corrected chi connectivity index (χ1v) is 0. The van der Waals surface area contributed by atoms with Gasteiger partial charge in [0.05, 0.1) is 0 Å². The summed E-state index contributed by atoms with van der Waals surface area (Å²) in [4.78, 5) is 0. The molecular formula is CoFe2Si. The zero-order chi connectivity index (χ0) is 0. The van der Waals surface area contributed by atoms with Crippen LogP contribution in [0.3, 0.4) is 0 Å². The number of hydrogen-bond donors (Lipinski definition) is 0. The second-order valence-electron chi connectivity index (χ2n) is 0. The van der Waals surface area contributed by atoms with Gasteiger partial charge in [0, 0.05) is 61.9 Å². The molecule has 29 valence electrons. The van der Waals surface area contributed by atoms with Gasteiger partial charge in [0.15, 0.2) is 0 Å². The van der Waals surface area contributed by atoms with E-state index in [9.17, 15) is 0 Å². The predicted molar refractivity (Wildman–Crippen MR) is 5.75 cm³/mol. The van der Waals surface area contributed by atoms with Crippen LogP contribution in [0.2, 0.25) is 0 Å². The minimum Gasteiger partial charge on any atom is 0 e. The van der Waals surface area contributed by atoms with Crippen molar-refractivity contribution in [2.75, 3.05) is 0 Å². The van der Waals surface area contributed by atoms with Crippen LogP contribution >= 0.6 is 0 Å². The largest absolute Gasteiger partial charge is 0 e. The molecule has 0 atom stereocenters. The summed E-state index contributed by atoms with van der Waals surface area (Å²) in [5.74, 6) is 0. The van der Waals surface area contributed by atoms with Crippen LogP contribution < -0.4 is 0 Å². The molecule has 0 aliphatic carbocycles. The molecule has 0 N–H and O–H groups in total. The normalized spacial score (nSPS) is 0. The van der Waals surface area contributed by atoms with Crippen LogP contribution in [0.5, 0.6) is 0 Å². The van der Waals surface area contributed by atoms with E-state index in [1.165, 1.54) is 0 Å². The molecule has 0 fully saturated rings. The average molecular weight is 199 g/mol. The van der Waals surface area contributed by atoms with E-state index in [1.54, 1.807) is 0 Å². The third-order valence-electron chi connectivity index (χ3n) is 0. The molecule has 0 aromatic rings. The van der Waals surface area contributed by atoms with Crippen LogP contribution in [0, 0.1) is 0 Å². The van der Waals surface area contributed by atoms with E-state index in [0.717, 1.165) is 0 Å². The Bertz CT molecular complexity index is 6.00. The fourth-order valence-corrected chi connectivity index (χ4v) is 0. The fraction of sp³-hybridized carbons (Fsp3) is 0. The molecule has 0 aromatic heterocycles. The third-order valence-corrected chi connectivity index (χ3v) is 0. The van der Waals surface area contributed by atoms with Gasteiger partial charge in [0.1, 0.15) is 0 Å². The van der Waals surface area contributed by atoms with Crippen molar-refractivity contribution < 1.29 is 50.9 Å². The van der Waals surface area contributed by atoms with E-state index in [-0.39, 0.29) is 61.9 Å². The summed E-state index contributed by atoms with van der Waals surface area (Å²) < 4.78 is 0. The minimum absolute atomic E-state index is 0. The summed E-state index contributed by atoms with van der Waals surface area (Å²) in [5, 5.41) is 0. The first kappa shape index (κ1) is 42.1. The maximum atomic E-state index is 0. The molecule has 0 spiro atoms. The zero-order valence-electron chi connectivity index (χ0n) is 1.54. The molecule has 0 saturated heterocycles. The Kier molecular flexibility index (Phi) is 228. The summed E-state index contributed by atoms with van der Waals surface area (Å²) in [6.45, 7) is 0. The van der Waals surface area contributed by atoms with Gasteiger partial charge in [-0.15, -0.1) is 0 Å². The van der Waals surface area contributed by atoms with E-state index < -0.39 is 0 Å². The molecule has 0 unspecified atom stereocenters. The summed E-state index contributed by atoms with van der Waals surface area (Å²) in [6, 6.07) is 0. The van der Waals surface area contributed by atoms with Crippen molar-refractivity contribution in [1.29, 1.82) is 0 Å². The quantitative estimate of drug-likeness (QED) is 0.466. The summed E-state index contributed by atoms with van der Waals surface area (Å²) in [6.07, 6.45) is 0. The molecule has 4 heavy (non-hydrogen) atoms. The van der Waals surface area contributed by atoms with Gasteiger partial charge in [-0.25, -0.2) is 0 Å². The SMILES string of the molecule is [Co].[Fe].[Fe].[Si].